The van der Waals surface area contributed by atoms with Gasteiger partial charge in [-0.15, -0.1) is 10.2 Å². The van der Waals surface area contributed by atoms with Gasteiger partial charge in [0.1, 0.15) is 5.75 Å². The van der Waals surface area contributed by atoms with E-state index < -0.39 is 0 Å². The summed E-state index contributed by atoms with van der Waals surface area (Å²) in [6, 6.07) is 12.3. The molecule has 0 aliphatic heterocycles. The van der Waals surface area contributed by atoms with Crippen molar-refractivity contribution in [2.24, 2.45) is 5.10 Å². The van der Waals surface area contributed by atoms with E-state index in [4.69, 9.17) is 33.8 Å². The number of ether oxygens (including phenoxy) is 1. The molecule has 162 valence electrons. The van der Waals surface area contributed by atoms with Crippen LogP contribution in [0, 0.1) is 0 Å². The quantitative estimate of drug-likeness (QED) is 0.194. The smallest absolute Gasteiger partial charge is 0.264 e. The van der Waals surface area contributed by atoms with Gasteiger partial charge in [-0.1, -0.05) is 47.1 Å². The van der Waals surface area contributed by atoms with Gasteiger partial charge >= 0.3 is 0 Å². The lowest BCUT2D eigenvalue weighted by atomic mass is 10.1. The summed E-state index contributed by atoms with van der Waals surface area (Å²) in [6.07, 6.45) is 0. The number of halogens is 2. The summed E-state index contributed by atoms with van der Waals surface area (Å²) in [7, 11) is 1.60. The Bertz CT molecular complexity index is 1100. The average Bonchev–Trinajstić information content (AvgIpc) is 3.09. The normalized spacial score (nSPS) is 11.3. The maximum absolute atomic E-state index is 12.2. The van der Waals surface area contributed by atoms with Crippen molar-refractivity contribution >= 4 is 58.2 Å². The molecule has 0 aliphatic carbocycles. The Morgan fingerprint density at radius 3 is 2.68 bits per heavy atom. The summed E-state index contributed by atoms with van der Waals surface area (Å²) < 4.78 is 6.43. The summed E-state index contributed by atoms with van der Waals surface area (Å²) >= 11 is 13.0. The van der Waals surface area contributed by atoms with Crippen LogP contribution in [0.25, 0.3) is 0 Å². The Hall–Kier alpha value is -2.95. The summed E-state index contributed by atoms with van der Waals surface area (Å²) in [5.74, 6) is 6.75. The predicted molar refractivity (Wildman–Crippen MR) is 125 cm³/mol. The van der Waals surface area contributed by atoms with Gasteiger partial charge in [-0.2, -0.15) is 5.10 Å². The number of nitrogens with one attached hydrogen (secondary N) is 2. The molecule has 1 amide bonds. The van der Waals surface area contributed by atoms with Crippen molar-refractivity contribution in [1.82, 2.24) is 14.9 Å². The molecule has 1 aromatic heterocycles. The largest absolute Gasteiger partial charge is 0.497 e. The number of nitrogens with zero attached hydrogens (tertiary/aromatic N) is 4. The molecule has 2 aromatic carbocycles. The molecule has 0 radical (unpaired) electrons. The van der Waals surface area contributed by atoms with Gasteiger partial charge in [0.05, 0.1) is 18.6 Å². The van der Waals surface area contributed by atoms with Crippen LogP contribution in [0.15, 0.2) is 52.7 Å². The Morgan fingerprint density at radius 2 is 1.97 bits per heavy atom. The molecule has 0 saturated heterocycles. The van der Waals surface area contributed by atoms with Crippen LogP contribution in [0.1, 0.15) is 12.5 Å². The minimum absolute atomic E-state index is 0.0611. The molecular formula is C19H19Cl2N7O2S. The van der Waals surface area contributed by atoms with Crippen LogP contribution >= 0.6 is 35.0 Å². The van der Waals surface area contributed by atoms with Crippen LogP contribution in [0.3, 0.4) is 0 Å². The summed E-state index contributed by atoms with van der Waals surface area (Å²) in [5, 5.41) is 16.1. The van der Waals surface area contributed by atoms with Crippen molar-refractivity contribution in [2.45, 2.75) is 12.1 Å². The van der Waals surface area contributed by atoms with Crippen LogP contribution in [0.2, 0.25) is 10.0 Å². The SMILES string of the molecule is COc1cccc(/C(C)=N/Nc2nnc(SCC(=O)Nc3cc(Cl)cc(Cl)c3)n2N)c1. The van der Waals surface area contributed by atoms with E-state index in [2.05, 4.69) is 26.0 Å². The van der Waals surface area contributed by atoms with Gasteiger partial charge in [0.25, 0.3) is 5.95 Å². The Morgan fingerprint density at radius 1 is 1.23 bits per heavy atom. The highest BCUT2D eigenvalue weighted by Gasteiger charge is 2.13. The number of rotatable bonds is 8. The highest BCUT2D eigenvalue weighted by Crippen LogP contribution is 2.23. The number of aromatic nitrogens is 3. The van der Waals surface area contributed by atoms with E-state index in [1.54, 1.807) is 25.3 Å². The van der Waals surface area contributed by atoms with Crippen LogP contribution in [0.5, 0.6) is 5.75 Å². The van der Waals surface area contributed by atoms with Gasteiger partial charge in [-0.25, -0.2) is 10.1 Å². The van der Waals surface area contributed by atoms with Crippen LogP contribution < -0.4 is 21.3 Å². The van der Waals surface area contributed by atoms with Crippen molar-refractivity contribution in [3.63, 3.8) is 0 Å². The number of methoxy groups -OCH3 is 1. The fourth-order valence-electron chi connectivity index (χ4n) is 2.45. The third-order valence-corrected chi connectivity index (χ3v) is 5.33. The van der Waals surface area contributed by atoms with Crippen molar-refractivity contribution < 1.29 is 9.53 Å². The number of amides is 1. The number of benzene rings is 2. The second kappa shape index (κ2) is 10.4. The van der Waals surface area contributed by atoms with Crippen LogP contribution in [-0.4, -0.2) is 39.4 Å². The molecule has 0 fully saturated rings. The summed E-state index contributed by atoms with van der Waals surface area (Å²) in [5.41, 5.74) is 4.86. The molecular weight excluding hydrogens is 461 g/mol. The van der Waals surface area contributed by atoms with E-state index in [1.807, 2.05) is 31.2 Å². The molecule has 0 atom stereocenters. The number of thioether (sulfide) groups is 1. The molecule has 31 heavy (non-hydrogen) atoms. The second-order valence-electron chi connectivity index (χ2n) is 6.21. The van der Waals surface area contributed by atoms with Gasteiger partial charge in [0.15, 0.2) is 0 Å². The first-order chi connectivity index (χ1) is 14.9. The van der Waals surface area contributed by atoms with Crippen LogP contribution in [0.4, 0.5) is 11.6 Å². The van der Waals surface area contributed by atoms with Gasteiger partial charge < -0.3 is 15.9 Å². The maximum Gasteiger partial charge on any atom is 0.264 e. The molecule has 9 nitrogen and oxygen atoms in total. The molecule has 0 unspecified atom stereocenters. The van der Waals surface area contributed by atoms with Crippen molar-refractivity contribution in [1.29, 1.82) is 0 Å². The molecule has 0 saturated carbocycles. The Labute approximate surface area is 192 Å². The van der Waals surface area contributed by atoms with E-state index in [9.17, 15) is 4.79 Å². The van der Waals surface area contributed by atoms with Crippen molar-refractivity contribution in [3.8, 4) is 5.75 Å². The zero-order chi connectivity index (χ0) is 22.4. The van der Waals surface area contributed by atoms with E-state index >= 15 is 0 Å². The lowest BCUT2D eigenvalue weighted by Crippen LogP contribution is -2.17. The molecule has 4 N–H and O–H groups in total. The van der Waals surface area contributed by atoms with E-state index in [0.717, 1.165) is 23.1 Å². The van der Waals surface area contributed by atoms with Crippen molar-refractivity contribution in [2.75, 3.05) is 29.4 Å². The molecule has 0 aliphatic rings. The first-order valence-electron chi connectivity index (χ1n) is 8.89. The number of carbonyl (C=O) groups excluding carboxylic acids is 1. The fourth-order valence-corrected chi connectivity index (χ4v) is 3.63. The van der Waals surface area contributed by atoms with E-state index in [1.165, 1.54) is 4.68 Å². The van der Waals surface area contributed by atoms with Crippen LogP contribution in [-0.2, 0) is 4.79 Å². The zero-order valence-corrected chi connectivity index (χ0v) is 18.9. The molecule has 0 bridgehead atoms. The number of nitrogens with two attached hydrogens (primary N) is 1. The standard InChI is InChI=1S/C19H19Cl2N7O2S/c1-11(12-4-3-5-16(6-12)30-2)24-25-18-26-27-19(28(18)22)31-10-17(29)23-15-8-13(20)7-14(21)9-15/h3-9H,10,22H2,1-2H3,(H,23,29)(H,25,26)/b24-11+. The lowest BCUT2D eigenvalue weighted by Gasteiger charge is -2.07. The summed E-state index contributed by atoms with van der Waals surface area (Å²) in [6.45, 7) is 1.83. The van der Waals surface area contributed by atoms with Gasteiger partial charge in [-0.05, 0) is 37.3 Å². The van der Waals surface area contributed by atoms with Gasteiger partial charge in [0, 0.05) is 21.3 Å². The van der Waals surface area contributed by atoms with E-state index in [0.29, 0.717) is 26.6 Å². The van der Waals surface area contributed by atoms with Gasteiger partial charge in [0.2, 0.25) is 11.1 Å². The zero-order valence-electron chi connectivity index (χ0n) is 16.6. The van der Waals surface area contributed by atoms with Crippen molar-refractivity contribution in [3.05, 3.63) is 58.1 Å². The number of nitrogen functional groups attached to an aromatic ring is 1. The molecule has 1 heterocycles. The number of hydrazone groups is 1. The monoisotopic (exact) mass is 479 g/mol. The number of hydrogen-bond donors (Lipinski definition) is 3. The topological polar surface area (TPSA) is 119 Å². The minimum atomic E-state index is -0.271. The number of hydrogen-bond acceptors (Lipinski definition) is 8. The maximum atomic E-state index is 12.2. The Balaban J connectivity index is 1.58. The molecule has 3 rings (SSSR count). The lowest BCUT2D eigenvalue weighted by molar-refractivity contribution is -0.113. The second-order valence-corrected chi connectivity index (χ2v) is 8.03. The van der Waals surface area contributed by atoms with E-state index in [-0.39, 0.29) is 17.6 Å². The fraction of sp³-hybridized carbons (Fsp3) is 0.158. The Kier molecular flexibility index (Phi) is 7.61. The first kappa shape index (κ1) is 22.7. The molecule has 12 heteroatoms. The molecule has 3 aromatic rings. The highest BCUT2D eigenvalue weighted by atomic mass is 35.5. The highest BCUT2D eigenvalue weighted by molar-refractivity contribution is 7.99. The third-order valence-electron chi connectivity index (χ3n) is 3.95. The minimum Gasteiger partial charge on any atom is -0.497 e. The average molecular weight is 480 g/mol. The number of anilines is 2. The molecule has 0 spiro atoms. The predicted octanol–water partition coefficient (Wildman–Crippen LogP) is 3.87. The number of carbonyl (C=O) groups is 1. The third kappa shape index (κ3) is 6.27. The summed E-state index contributed by atoms with van der Waals surface area (Å²) in [4.78, 5) is 12.2. The van der Waals surface area contributed by atoms with Gasteiger partial charge in [-0.3, -0.25) is 4.79 Å². The first-order valence-corrected chi connectivity index (χ1v) is 10.6.